The van der Waals surface area contributed by atoms with E-state index in [-0.39, 0.29) is 5.57 Å². The van der Waals surface area contributed by atoms with Crippen molar-refractivity contribution in [3.05, 3.63) is 40.0 Å². The number of hydrogen-bond donors (Lipinski definition) is 1. The fourth-order valence-electron chi connectivity index (χ4n) is 2.22. The minimum Gasteiger partial charge on any atom is -0.376 e. The van der Waals surface area contributed by atoms with Crippen molar-refractivity contribution in [1.29, 1.82) is 5.26 Å². The highest BCUT2D eigenvalue weighted by atomic mass is 35.5. The topological polar surface area (TPSA) is 56.1 Å². The van der Waals surface area contributed by atoms with Gasteiger partial charge in [0.05, 0.1) is 10.7 Å². The molecule has 4 nitrogen and oxygen atoms in total. The molecule has 24 heavy (non-hydrogen) atoms. The van der Waals surface area contributed by atoms with Gasteiger partial charge < -0.3 is 10.2 Å². The number of benzene rings is 1. The SMILES string of the molecule is CC(C)CN(/C=C(/C#N)C(=O)Nc1ccc(Cl)cc1Cl)CC(C)C. The zero-order chi connectivity index (χ0) is 18.3. The number of nitriles is 1. The Hall–Kier alpha value is -1.70. The summed E-state index contributed by atoms with van der Waals surface area (Å²) in [6.07, 6.45) is 1.62. The molecule has 0 bridgehead atoms. The maximum atomic E-state index is 12.4. The number of amides is 1. The predicted molar refractivity (Wildman–Crippen MR) is 100 cm³/mol. The first kappa shape index (κ1) is 20.3. The molecule has 1 N–H and O–H groups in total. The molecule has 0 atom stereocenters. The third kappa shape index (κ3) is 6.82. The van der Waals surface area contributed by atoms with E-state index in [9.17, 15) is 10.1 Å². The maximum absolute atomic E-state index is 12.4. The van der Waals surface area contributed by atoms with Crippen LogP contribution in [0.15, 0.2) is 30.0 Å². The lowest BCUT2D eigenvalue weighted by Gasteiger charge is -2.25. The average molecular weight is 368 g/mol. The summed E-state index contributed by atoms with van der Waals surface area (Å²) in [7, 11) is 0. The smallest absolute Gasteiger partial charge is 0.267 e. The van der Waals surface area contributed by atoms with Crippen molar-refractivity contribution in [3.8, 4) is 6.07 Å². The van der Waals surface area contributed by atoms with Crippen molar-refractivity contribution >= 4 is 34.8 Å². The third-order valence-electron chi connectivity index (χ3n) is 3.06. The van der Waals surface area contributed by atoms with Gasteiger partial charge in [-0.25, -0.2) is 0 Å². The number of halogens is 2. The second kappa shape index (κ2) is 9.56. The van der Waals surface area contributed by atoms with Crippen LogP contribution >= 0.6 is 23.2 Å². The van der Waals surface area contributed by atoms with Gasteiger partial charge in [0, 0.05) is 24.3 Å². The Balaban J connectivity index is 2.96. The molecule has 0 aliphatic carbocycles. The summed E-state index contributed by atoms with van der Waals surface area (Å²) in [5.41, 5.74) is 0.466. The van der Waals surface area contributed by atoms with Gasteiger partial charge in [0.2, 0.25) is 0 Å². The number of nitrogens with one attached hydrogen (secondary N) is 1. The monoisotopic (exact) mass is 367 g/mol. The standard InChI is InChI=1S/C18H23Cl2N3O/c1-12(2)9-23(10-13(3)4)11-14(8-21)18(24)22-17-6-5-15(19)7-16(17)20/h5-7,11-13H,9-10H2,1-4H3,(H,22,24)/b14-11-. The molecule has 0 aliphatic heterocycles. The Morgan fingerprint density at radius 1 is 1.25 bits per heavy atom. The lowest BCUT2D eigenvalue weighted by atomic mass is 10.1. The van der Waals surface area contributed by atoms with Crippen molar-refractivity contribution in [1.82, 2.24) is 4.90 Å². The molecule has 0 spiro atoms. The van der Waals surface area contributed by atoms with Crippen molar-refractivity contribution in [2.45, 2.75) is 27.7 Å². The van der Waals surface area contributed by atoms with Crippen LogP contribution in [0.4, 0.5) is 5.69 Å². The zero-order valence-corrected chi connectivity index (χ0v) is 15.9. The van der Waals surface area contributed by atoms with E-state index in [4.69, 9.17) is 23.2 Å². The van der Waals surface area contributed by atoms with Crippen molar-refractivity contribution in [3.63, 3.8) is 0 Å². The van der Waals surface area contributed by atoms with E-state index in [0.717, 1.165) is 13.1 Å². The molecule has 0 fully saturated rings. The molecule has 0 saturated carbocycles. The molecule has 0 unspecified atom stereocenters. The van der Waals surface area contributed by atoms with Crippen molar-refractivity contribution in [2.24, 2.45) is 11.8 Å². The van der Waals surface area contributed by atoms with Crippen LogP contribution in [0.5, 0.6) is 0 Å². The van der Waals surface area contributed by atoms with Crippen LogP contribution in [0, 0.1) is 23.2 Å². The molecule has 1 amide bonds. The van der Waals surface area contributed by atoms with Gasteiger partial charge in [-0.2, -0.15) is 5.26 Å². The van der Waals surface area contributed by atoms with Gasteiger partial charge in [-0.3, -0.25) is 4.79 Å². The number of hydrogen-bond acceptors (Lipinski definition) is 3. The van der Waals surface area contributed by atoms with E-state index in [1.807, 2.05) is 11.0 Å². The Kier molecular flexibility index (Phi) is 8.10. The highest BCUT2D eigenvalue weighted by Crippen LogP contribution is 2.25. The highest BCUT2D eigenvalue weighted by molar-refractivity contribution is 6.36. The number of rotatable bonds is 7. The molecule has 0 aromatic heterocycles. The van der Waals surface area contributed by atoms with Gasteiger partial charge in [0.15, 0.2) is 0 Å². The van der Waals surface area contributed by atoms with Crippen LogP contribution in [0.2, 0.25) is 10.0 Å². The molecular formula is C18H23Cl2N3O. The first-order valence-electron chi connectivity index (χ1n) is 7.85. The Bertz CT molecular complexity index is 638. The second-order valence-electron chi connectivity index (χ2n) is 6.47. The minimum absolute atomic E-state index is 0.0438. The first-order valence-corrected chi connectivity index (χ1v) is 8.60. The molecule has 0 radical (unpaired) electrons. The van der Waals surface area contributed by atoms with E-state index >= 15 is 0 Å². The minimum atomic E-state index is -0.487. The average Bonchev–Trinajstić information content (AvgIpc) is 2.46. The number of nitrogens with zero attached hydrogens (tertiary/aromatic N) is 2. The highest BCUT2D eigenvalue weighted by Gasteiger charge is 2.14. The summed E-state index contributed by atoms with van der Waals surface area (Å²) in [5.74, 6) is 0.363. The van der Waals surface area contributed by atoms with E-state index in [1.54, 1.807) is 18.3 Å². The summed E-state index contributed by atoms with van der Waals surface area (Å²) >= 11 is 11.9. The number of carbonyl (C=O) groups is 1. The summed E-state index contributed by atoms with van der Waals surface area (Å²) in [4.78, 5) is 14.4. The quantitative estimate of drug-likeness (QED) is 0.547. The molecule has 0 saturated heterocycles. The van der Waals surface area contributed by atoms with Gasteiger partial charge in [0.1, 0.15) is 11.6 Å². The second-order valence-corrected chi connectivity index (χ2v) is 7.32. The normalized spacial score (nSPS) is 11.5. The first-order chi connectivity index (χ1) is 11.2. The van der Waals surface area contributed by atoms with Crippen molar-refractivity contribution < 1.29 is 4.79 Å². The largest absolute Gasteiger partial charge is 0.376 e. The number of carbonyl (C=O) groups excluding carboxylic acids is 1. The van der Waals surface area contributed by atoms with Crippen LogP contribution in [0.25, 0.3) is 0 Å². The van der Waals surface area contributed by atoms with Gasteiger partial charge in [-0.15, -0.1) is 0 Å². The Labute approximate surface area is 154 Å². The van der Waals surface area contributed by atoms with Gasteiger partial charge in [0.25, 0.3) is 5.91 Å². The Morgan fingerprint density at radius 2 is 1.83 bits per heavy atom. The fraction of sp³-hybridized carbons (Fsp3) is 0.444. The van der Waals surface area contributed by atoms with E-state index in [1.165, 1.54) is 6.07 Å². The zero-order valence-electron chi connectivity index (χ0n) is 14.4. The molecule has 1 aromatic carbocycles. The van der Waals surface area contributed by atoms with Crippen LogP contribution in [-0.2, 0) is 4.79 Å². The number of anilines is 1. The van der Waals surface area contributed by atoms with Crippen LogP contribution in [0.3, 0.4) is 0 Å². The summed E-state index contributed by atoms with van der Waals surface area (Å²) in [5, 5.41) is 12.8. The Morgan fingerprint density at radius 3 is 2.29 bits per heavy atom. The van der Waals surface area contributed by atoms with Gasteiger partial charge in [-0.1, -0.05) is 50.9 Å². The van der Waals surface area contributed by atoms with Gasteiger partial charge >= 0.3 is 0 Å². The molecule has 6 heteroatoms. The molecule has 130 valence electrons. The molecule has 1 aromatic rings. The summed E-state index contributed by atoms with van der Waals surface area (Å²) in [6, 6.07) is 6.74. The van der Waals surface area contributed by atoms with Crippen LogP contribution in [0.1, 0.15) is 27.7 Å². The molecular weight excluding hydrogens is 345 g/mol. The lowest BCUT2D eigenvalue weighted by Crippen LogP contribution is -2.28. The van der Waals surface area contributed by atoms with Crippen molar-refractivity contribution in [2.75, 3.05) is 18.4 Å². The summed E-state index contributed by atoms with van der Waals surface area (Å²) < 4.78 is 0. The van der Waals surface area contributed by atoms with Gasteiger partial charge in [-0.05, 0) is 30.0 Å². The third-order valence-corrected chi connectivity index (χ3v) is 3.60. The molecule has 0 aliphatic rings. The van der Waals surface area contributed by atoms with Crippen LogP contribution in [-0.4, -0.2) is 23.9 Å². The summed E-state index contributed by atoms with van der Waals surface area (Å²) in [6.45, 7) is 9.94. The van der Waals surface area contributed by atoms with Crippen LogP contribution < -0.4 is 5.32 Å². The van der Waals surface area contributed by atoms with E-state index in [0.29, 0.717) is 27.6 Å². The molecule has 1 rings (SSSR count). The molecule has 0 heterocycles. The maximum Gasteiger partial charge on any atom is 0.267 e. The van der Waals surface area contributed by atoms with E-state index in [2.05, 4.69) is 33.0 Å². The fourth-order valence-corrected chi connectivity index (χ4v) is 2.68. The predicted octanol–water partition coefficient (Wildman–Crippen LogP) is 4.95. The van der Waals surface area contributed by atoms with E-state index < -0.39 is 5.91 Å². The lowest BCUT2D eigenvalue weighted by molar-refractivity contribution is -0.112.